The van der Waals surface area contributed by atoms with Crippen molar-refractivity contribution < 1.29 is 0 Å². The molecule has 3 nitrogen and oxygen atoms in total. The van der Waals surface area contributed by atoms with Crippen LogP contribution in [0.5, 0.6) is 0 Å². The molecule has 134 valence electrons. The van der Waals surface area contributed by atoms with Crippen LogP contribution in [-0.2, 0) is 0 Å². The third kappa shape index (κ3) is 2.52. The van der Waals surface area contributed by atoms with E-state index in [1.165, 1.54) is 48.1 Å². The Bertz CT molecular complexity index is 1030. The highest BCUT2D eigenvalue weighted by molar-refractivity contribution is 6.20. The van der Waals surface area contributed by atoms with Crippen LogP contribution in [0.4, 0.5) is 0 Å². The second kappa shape index (κ2) is 5.25. The normalized spacial score (nSPS) is 24.7. The Kier molecular flexibility index (Phi) is 3.01. The van der Waals surface area contributed by atoms with Crippen LogP contribution in [-0.4, -0.2) is 23.9 Å². The van der Waals surface area contributed by atoms with Gasteiger partial charge < -0.3 is 0 Å². The molecule has 0 atom stereocenters. The van der Waals surface area contributed by atoms with Crippen molar-refractivity contribution in [2.75, 3.05) is 6.54 Å². The molecule has 0 N–H and O–H groups in total. The molecule has 6 rings (SSSR count). The topological polar surface area (TPSA) is 37.1 Å². The molecule has 0 aromatic heterocycles. The molecule has 3 heteroatoms. The van der Waals surface area contributed by atoms with Gasteiger partial charge in [0.1, 0.15) is 5.84 Å². The molecular weight excluding hydrogens is 330 g/mol. The van der Waals surface area contributed by atoms with E-state index in [0.717, 1.165) is 30.2 Å². The SMILES string of the molecule is Cc1ccc(-c2ccccc2C(=NC2=NCC23CC3)N=C2CC23CC3)cc1. The molecule has 1 aliphatic heterocycles. The molecule has 4 aliphatic rings. The van der Waals surface area contributed by atoms with Crippen LogP contribution >= 0.6 is 0 Å². The molecule has 3 saturated carbocycles. The molecule has 1 heterocycles. The highest BCUT2D eigenvalue weighted by Gasteiger charge is 2.60. The highest BCUT2D eigenvalue weighted by atomic mass is 15.1. The molecule has 3 fully saturated rings. The summed E-state index contributed by atoms with van der Waals surface area (Å²) in [5.41, 5.74) is 6.93. The summed E-state index contributed by atoms with van der Waals surface area (Å²) in [4.78, 5) is 14.7. The predicted octanol–water partition coefficient (Wildman–Crippen LogP) is 5.23. The molecule has 0 bridgehead atoms. The summed E-state index contributed by atoms with van der Waals surface area (Å²) in [5, 5.41) is 0. The van der Waals surface area contributed by atoms with Crippen molar-refractivity contribution in [2.24, 2.45) is 25.8 Å². The van der Waals surface area contributed by atoms with Gasteiger partial charge in [-0.2, -0.15) is 0 Å². The Morgan fingerprint density at radius 1 is 0.926 bits per heavy atom. The van der Waals surface area contributed by atoms with E-state index in [4.69, 9.17) is 9.98 Å². The molecule has 27 heavy (non-hydrogen) atoms. The predicted molar refractivity (Wildman–Crippen MR) is 111 cm³/mol. The number of aryl methyl sites for hydroxylation is 1. The first kappa shape index (κ1) is 15.5. The molecule has 3 aliphatic carbocycles. The van der Waals surface area contributed by atoms with E-state index in [2.05, 4.69) is 60.4 Å². The van der Waals surface area contributed by atoms with Gasteiger partial charge in [-0.3, -0.25) is 4.99 Å². The van der Waals surface area contributed by atoms with Gasteiger partial charge in [-0.1, -0.05) is 54.1 Å². The van der Waals surface area contributed by atoms with E-state index in [9.17, 15) is 0 Å². The first-order chi connectivity index (χ1) is 13.2. The van der Waals surface area contributed by atoms with E-state index in [1.54, 1.807) is 0 Å². The first-order valence-electron chi connectivity index (χ1n) is 10.1. The Hall–Kier alpha value is -2.55. The average Bonchev–Trinajstić information content (AvgIpc) is 3.58. The second-order valence-electron chi connectivity index (χ2n) is 8.78. The molecule has 0 amide bonds. The lowest BCUT2D eigenvalue weighted by Crippen LogP contribution is -2.28. The molecule has 2 spiro atoms. The zero-order chi connectivity index (χ0) is 18.1. The largest absolute Gasteiger partial charge is 0.269 e. The van der Waals surface area contributed by atoms with Gasteiger partial charge in [0.2, 0.25) is 0 Å². The van der Waals surface area contributed by atoms with Gasteiger partial charge in [-0.25, -0.2) is 9.98 Å². The summed E-state index contributed by atoms with van der Waals surface area (Å²) in [5.74, 6) is 1.90. The van der Waals surface area contributed by atoms with Crippen molar-refractivity contribution in [3.05, 3.63) is 59.7 Å². The molecule has 2 aromatic carbocycles. The quantitative estimate of drug-likeness (QED) is 0.524. The fourth-order valence-electron chi connectivity index (χ4n) is 4.15. The minimum Gasteiger partial charge on any atom is -0.269 e. The fourth-order valence-corrected chi connectivity index (χ4v) is 4.15. The maximum absolute atomic E-state index is 5.08. The van der Waals surface area contributed by atoms with Gasteiger partial charge in [-0.05, 0) is 50.2 Å². The maximum atomic E-state index is 5.08. The van der Waals surface area contributed by atoms with Crippen molar-refractivity contribution in [1.29, 1.82) is 0 Å². The lowest BCUT2D eigenvalue weighted by molar-refractivity contribution is 0.634. The number of hydrogen-bond acceptors (Lipinski definition) is 2. The van der Waals surface area contributed by atoms with Crippen molar-refractivity contribution in [3.8, 4) is 11.1 Å². The number of rotatable bonds is 2. The zero-order valence-electron chi connectivity index (χ0n) is 15.7. The van der Waals surface area contributed by atoms with Gasteiger partial charge in [0.25, 0.3) is 0 Å². The Morgan fingerprint density at radius 3 is 2.30 bits per heavy atom. The summed E-state index contributed by atoms with van der Waals surface area (Å²) in [6.45, 7) is 3.08. The van der Waals surface area contributed by atoms with Crippen LogP contribution in [0, 0.1) is 17.8 Å². The van der Waals surface area contributed by atoms with E-state index in [-0.39, 0.29) is 0 Å². The van der Waals surface area contributed by atoms with Crippen LogP contribution in [0.25, 0.3) is 11.1 Å². The van der Waals surface area contributed by atoms with Crippen molar-refractivity contribution in [2.45, 2.75) is 39.0 Å². The van der Waals surface area contributed by atoms with Crippen molar-refractivity contribution >= 4 is 17.4 Å². The van der Waals surface area contributed by atoms with E-state index >= 15 is 0 Å². The Morgan fingerprint density at radius 2 is 1.67 bits per heavy atom. The Balaban J connectivity index is 1.46. The summed E-state index contributed by atoms with van der Waals surface area (Å²) >= 11 is 0. The van der Waals surface area contributed by atoms with Gasteiger partial charge in [-0.15, -0.1) is 0 Å². The average molecular weight is 353 g/mol. The number of benzene rings is 2. The summed E-state index contributed by atoms with van der Waals surface area (Å²) in [6.07, 6.45) is 6.26. The minimum atomic E-state index is 0.297. The number of aliphatic imine (C=N–C) groups is 3. The smallest absolute Gasteiger partial charge is 0.161 e. The van der Waals surface area contributed by atoms with Gasteiger partial charge in [0.05, 0.1) is 6.54 Å². The van der Waals surface area contributed by atoms with Crippen molar-refractivity contribution in [1.82, 2.24) is 0 Å². The van der Waals surface area contributed by atoms with Gasteiger partial charge >= 0.3 is 0 Å². The van der Waals surface area contributed by atoms with Crippen molar-refractivity contribution in [3.63, 3.8) is 0 Å². The zero-order valence-corrected chi connectivity index (χ0v) is 15.7. The molecule has 0 saturated heterocycles. The van der Waals surface area contributed by atoms with Gasteiger partial charge in [0, 0.05) is 22.1 Å². The lowest BCUT2D eigenvalue weighted by Gasteiger charge is -2.22. The molecular formula is C24H23N3. The number of amidine groups is 2. The third-order valence-corrected chi connectivity index (χ3v) is 6.69. The Labute approximate surface area is 160 Å². The summed E-state index contributed by atoms with van der Waals surface area (Å²) in [7, 11) is 0. The monoisotopic (exact) mass is 353 g/mol. The standard InChI is InChI=1S/C24H23N3/c1-16-6-8-17(9-7-16)18-4-2-3-5-19(18)21(26-20-14-23(20)10-11-23)27-22-24(12-13-24)15-25-22/h2-9H,10-15H2,1H3. The van der Waals surface area contributed by atoms with E-state index in [1.807, 2.05) is 0 Å². The van der Waals surface area contributed by atoms with Crippen LogP contribution in [0.3, 0.4) is 0 Å². The van der Waals surface area contributed by atoms with Crippen LogP contribution in [0.1, 0.15) is 43.2 Å². The lowest BCUT2D eigenvalue weighted by atomic mass is 9.97. The maximum Gasteiger partial charge on any atom is 0.161 e. The third-order valence-electron chi connectivity index (χ3n) is 6.69. The van der Waals surface area contributed by atoms with Crippen LogP contribution in [0.2, 0.25) is 0 Å². The highest BCUT2D eigenvalue weighted by Crippen LogP contribution is 2.63. The summed E-state index contributed by atoms with van der Waals surface area (Å²) < 4.78 is 0. The molecule has 0 unspecified atom stereocenters. The van der Waals surface area contributed by atoms with Gasteiger partial charge in [0.15, 0.2) is 5.84 Å². The van der Waals surface area contributed by atoms with E-state index < -0.39 is 0 Å². The first-order valence-corrected chi connectivity index (χ1v) is 10.1. The minimum absolute atomic E-state index is 0.297. The number of nitrogens with zero attached hydrogens (tertiary/aromatic N) is 3. The molecule has 0 radical (unpaired) electrons. The van der Waals surface area contributed by atoms with Crippen LogP contribution < -0.4 is 0 Å². The van der Waals surface area contributed by atoms with Crippen LogP contribution in [0.15, 0.2) is 63.5 Å². The number of hydrogen-bond donors (Lipinski definition) is 0. The fraction of sp³-hybridized carbons (Fsp3) is 0.375. The molecule has 2 aromatic rings. The van der Waals surface area contributed by atoms with E-state index in [0.29, 0.717) is 10.8 Å². The second-order valence-corrected chi connectivity index (χ2v) is 8.78. The summed E-state index contributed by atoms with van der Waals surface area (Å²) in [6, 6.07) is 17.3.